The number of allylic oxidation sites excluding steroid dienone is 1. The molecule has 3 aliphatic rings. The van der Waals surface area contributed by atoms with Crippen molar-refractivity contribution >= 4 is 17.7 Å². The number of aromatic amines is 1. The monoisotopic (exact) mass is 453 g/mol. The molecule has 1 saturated heterocycles. The van der Waals surface area contributed by atoms with E-state index in [0.29, 0.717) is 18.2 Å². The Labute approximate surface area is 197 Å². The summed E-state index contributed by atoms with van der Waals surface area (Å²) in [6.07, 6.45) is 7.61. The van der Waals surface area contributed by atoms with Crippen LogP contribution in [0.5, 0.6) is 0 Å². The first-order chi connectivity index (χ1) is 16.7. The standard InChI is InChI=1S/C27H27N5O2/c33-26(22-5-6-22)31-14-12-18(17-31)15-25-29-30-27(34)32(25)24-9-7-20(8-10-24)19-1-3-21(4-2-19)23-11-13-28-16-23/h1-4,7-11,13,18,22H,5-6,12,14-17H2,(H,30,34)/t18-/m0/s1. The van der Waals surface area contributed by atoms with Crippen molar-refractivity contribution in [1.82, 2.24) is 19.7 Å². The Morgan fingerprint density at radius 2 is 1.68 bits per heavy atom. The number of carbonyl (C=O) groups is 1. The maximum atomic E-state index is 12.6. The first kappa shape index (κ1) is 20.8. The fraction of sp³-hybridized carbons (Fsp3) is 0.333. The van der Waals surface area contributed by atoms with Crippen molar-refractivity contribution in [1.29, 1.82) is 0 Å². The highest BCUT2D eigenvalue weighted by Gasteiger charge is 2.36. The Morgan fingerprint density at radius 3 is 2.35 bits per heavy atom. The number of carbonyl (C=O) groups excluding carboxylic acids is 1. The van der Waals surface area contributed by atoms with Crippen LogP contribution in [0, 0.1) is 11.8 Å². The third-order valence-electron chi connectivity index (χ3n) is 7.09. The highest BCUT2D eigenvalue weighted by molar-refractivity contribution is 5.90. The predicted molar refractivity (Wildman–Crippen MR) is 132 cm³/mol. The zero-order valence-corrected chi connectivity index (χ0v) is 19.0. The van der Waals surface area contributed by atoms with Gasteiger partial charge in [0.05, 0.1) is 12.2 Å². The Kier molecular flexibility index (Phi) is 5.24. The van der Waals surface area contributed by atoms with E-state index in [1.165, 1.54) is 11.1 Å². The second kappa shape index (κ2) is 8.56. The van der Waals surface area contributed by atoms with Crippen LogP contribution < -0.4 is 5.69 Å². The minimum absolute atomic E-state index is 0.233. The number of rotatable bonds is 6. The Hall–Kier alpha value is -3.74. The van der Waals surface area contributed by atoms with Crippen molar-refractivity contribution in [2.45, 2.75) is 25.7 Å². The van der Waals surface area contributed by atoms with Crippen LogP contribution >= 0.6 is 0 Å². The van der Waals surface area contributed by atoms with E-state index in [0.717, 1.165) is 61.5 Å². The van der Waals surface area contributed by atoms with Crippen molar-refractivity contribution < 1.29 is 4.79 Å². The van der Waals surface area contributed by atoms with Gasteiger partial charge in [-0.2, -0.15) is 5.10 Å². The molecule has 34 heavy (non-hydrogen) atoms. The molecule has 1 N–H and O–H groups in total. The number of hydrogen-bond donors (Lipinski definition) is 1. The van der Waals surface area contributed by atoms with Crippen LogP contribution in [0.2, 0.25) is 0 Å². The smallest absolute Gasteiger partial charge is 0.342 e. The maximum Gasteiger partial charge on any atom is 0.347 e. The first-order valence-corrected chi connectivity index (χ1v) is 12.0. The van der Waals surface area contributed by atoms with Gasteiger partial charge in [-0.3, -0.25) is 9.79 Å². The molecule has 7 nitrogen and oxygen atoms in total. The summed E-state index contributed by atoms with van der Waals surface area (Å²) in [4.78, 5) is 31.2. The van der Waals surface area contributed by atoms with Gasteiger partial charge in [0.2, 0.25) is 5.91 Å². The highest BCUT2D eigenvalue weighted by Crippen LogP contribution is 2.33. The average molecular weight is 454 g/mol. The molecule has 1 aliphatic carbocycles. The molecule has 1 aromatic heterocycles. The summed E-state index contributed by atoms with van der Waals surface area (Å²) >= 11 is 0. The summed E-state index contributed by atoms with van der Waals surface area (Å²) in [6, 6.07) is 16.5. The molecule has 2 aromatic carbocycles. The zero-order chi connectivity index (χ0) is 23.1. The summed E-state index contributed by atoms with van der Waals surface area (Å²) in [5.74, 6) is 1.61. The highest BCUT2D eigenvalue weighted by atomic mass is 16.2. The van der Waals surface area contributed by atoms with Gasteiger partial charge in [0.1, 0.15) is 5.82 Å². The molecule has 0 spiro atoms. The van der Waals surface area contributed by atoms with Crippen molar-refractivity contribution in [2.24, 2.45) is 16.8 Å². The molecule has 1 saturated carbocycles. The van der Waals surface area contributed by atoms with Crippen molar-refractivity contribution in [3.8, 4) is 16.8 Å². The summed E-state index contributed by atoms with van der Waals surface area (Å²) in [5.41, 5.74) is 5.21. The lowest BCUT2D eigenvalue weighted by atomic mass is 10.0. The van der Waals surface area contributed by atoms with Crippen LogP contribution in [0.4, 0.5) is 0 Å². The fourth-order valence-corrected chi connectivity index (χ4v) is 4.99. The molecule has 1 atom stereocenters. The number of benzene rings is 2. The van der Waals surface area contributed by atoms with Crippen molar-refractivity contribution in [3.63, 3.8) is 0 Å². The van der Waals surface area contributed by atoms with Crippen LogP contribution in [-0.4, -0.2) is 51.4 Å². The summed E-state index contributed by atoms with van der Waals surface area (Å²) in [6.45, 7) is 2.31. The summed E-state index contributed by atoms with van der Waals surface area (Å²) in [7, 11) is 0. The molecule has 6 rings (SSSR count). The van der Waals surface area contributed by atoms with Gasteiger partial charge in [0.25, 0.3) is 0 Å². The molecule has 2 aliphatic heterocycles. The van der Waals surface area contributed by atoms with Gasteiger partial charge in [0, 0.05) is 31.6 Å². The molecule has 2 fully saturated rings. The SMILES string of the molecule is O=C(C1CC1)N1CC[C@@H](Cc2n[nH]c(=O)n2-c2ccc(-c3ccc(C4=CC=NC4)cc3)cc2)C1. The van der Waals surface area contributed by atoms with Crippen molar-refractivity contribution in [3.05, 3.63) is 76.5 Å². The number of nitrogens with zero attached hydrogens (tertiary/aromatic N) is 4. The molecule has 1 amide bonds. The molecule has 3 heterocycles. The number of likely N-dealkylation sites (tertiary alicyclic amines) is 1. The minimum Gasteiger partial charge on any atom is -0.342 e. The lowest BCUT2D eigenvalue weighted by Crippen LogP contribution is -2.30. The molecular formula is C27H27N5O2. The molecule has 3 aromatic rings. The van der Waals surface area contributed by atoms with Gasteiger partial charge < -0.3 is 4.90 Å². The quantitative estimate of drug-likeness (QED) is 0.620. The van der Waals surface area contributed by atoms with Gasteiger partial charge >= 0.3 is 5.69 Å². The van der Waals surface area contributed by atoms with E-state index in [4.69, 9.17) is 0 Å². The number of amides is 1. The Balaban J connectivity index is 1.17. The van der Waals surface area contributed by atoms with Gasteiger partial charge in [-0.25, -0.2) is 14.5 Å². The van der Waals surface area contributed by atoms with Gasteiger partial charge in [-0.15, -0.1) is 0 Å². The van der Waals surface area contributed by atoms with E-state index in [1.54, 1.807) is 4.57 Å². The van der Waals surface area contributed by atoms with Gasteiger partial charge in [-0.1, -0.05) is 36.4 Å². The van der Waals surface area contributed by atoms with E-state index in [9.17, 15) is 9.59 Å². The Morgan fingerprint density at radius 1 is 0.971 bits per heavy atom. The number of hydrogen-bond acceptors (Lipinski definition) is 4. The molecular weight excluding hydrogens is 426 g/mol. The van der Waals surface area contributed by atoms with E-state index in [2.05, 4.69) is 45.5 Å². The molecule has 0 radical (unpaired) electrons. The van der Waals surface area contributed by atoms with E-state index in [1.807, 2.05) is 35.4 Å². The number of aliphatic imine (C=N–C) groups is 1. The third-order valence-corrected chi connectivity index (χ3v) is 7.09. The fourth-order valence-electron chi connectivity index (χ4n) is 4.99. The molecule has 172 valence electrons. The normalized spacial score (nSPS) is 19.6. The second-order valence-corrected chi connectivity index (χ2v) is 9.50. The van der Waals surface area contributed by atoms with E-state index in [-0.39, 0.29) is 11.6 Å². The third kappa shape index (κ3) is 4.02. The van der Waals surface area contributed by atoms with E-state index < -0.39 is 0 Å². The van der Waals surface area contributed by atoms with Crippen LogP contribution in [0.1, 0.15) is 30.7 Å². The first-order valence-electron chi connectivity index (χ1n) is 12.0. The van der Waals surface area contributed by atoms with E-state index >= 15 is 0 Å². The average Bonchev–Trinajstić information content (AvgIpc) is 3.22. The van der Waals surface area contributed by atoms with Crippen LogP contribution in [-0.2, 0) is 11.2 Å². The molecule has 0 unspecified atom stereocenters. The maximum absolute atomic E-state index is 12.6. The number of aromatic nitrogens is 3. The zero-order valence-electron chi connectivity index (χ0n) is 19.0. The van der Waals surface area contributed by atoms with Gasteiger partial charge in [0.15, 0.2) is 0 Å². The topological polar surface area (TPSA) is 83.4 Å². The lowest BCUT2D eigenvalue weighted by molar-refractivity contribution is -0.131. The lowest BCUT2D eigenvalue weighted by Gasteiger charge is -2.16. The van der Waals surface area contributed by atoms with Crippen LogP contribution in [0.15, 0.2) is 64.4 Å². The number of H-pyrrole nitrogens is 1. The second-order valence-electron chi connectivity index (χ2n) is 9.50. The summed E-state index contributed by atoms with van der Waals surface area (Å²) < 4.78 is 1.66. The largest absolute Gasteiger partial charge is 0.347 e. The number of nitrogens with one attached hydrogen (secondary N) is 1. The Bertz CT molecular complexity index is 1330. The molecule has 7 heteroatoms. The van der Waals surface area contributed by atoms with Crippen LogP contribution in [0.3, 0.4) is 0 Å². The van der Waals surface area contributed by atoms with Crippen molar-refractivity contribution in [2.75, 3.05) is 19.6 Å². The minimum atomic E-state index is -0.233. The summed E-state index contributed by atoms with van der Waals surface area (Å²) in [5, 5.41) is 6.92. The van der Waals surface area contributed by atoms with Gasteiger partial charge in [-0.05, 0) is 65.7 Å². The predicted octanol–water partition coefficient (Wildman–Crippen LogP) is 3.50. The van der Waals surface area contributed by atoms with Crippen LogP contribution in [0.25, 0.3) is 22.4 Å². The molecule has 0 bridgehead atoms.